The summed E-state index contributed by atoms with van der Waals surface area (Å²) in [4.78, 5) is 20.3. The number of furan rings is 1. The van der Waals surface area contributed by atoms with Crippen LogP contribution in [0.1, 0.15) is 38.0 Å². The molecule has 28 heavy (non-hydrogen) atoms. The second kappa shape index (κ2) is 12.8. The average molecular weight is 503 g/mol. The second-order valence-corrected chi connectivity index (χ2v) is 7.27. The normalized spacial score (nSPS) is 16.0. The molecule has 1 aromatic heterocycles. The van der Waals surface area contributed by atoms with E-state index in [0.29, 0.717) is 19.0 Å². The predicted molar refractivity (Wildman–Crippen MR) is 124 cm³/mol. The molecule has 1 aliphatic rings. The Bertz CT molecular complexity index is 625. The van der Waals surface area contributed by atoms with Gasteiger partial charge in [-0.1, -0.05) is 18.6 Å². The molecule has 7 nitrogen and oxygen atoms in total. The van der Waals surface area contributed by atoms with Gasteiger partial charge < -0.3 is 20.0 Å². The molecule has 0 aromatic carbocycles. The molecule has 1 fully saturated rings. The average Bonchev–Trinajstić information content (AvgIpc) is 3.18. The molecule has 8 heteroatoms. The lowest BCUT2D eigenvalue weighted by atomic mass is 10.1. The Kier molecular flexibility index (Phi) is 11.2. The van der Waals surface area contributed by atoms with Gasteiger partial charge in [-0.25, -0.2) is 4.99 Å². The molecule has 0 spiro atoms. The van der Waals surface area contributed by atoms with E-state index in [0.717, 1.165) is 24.4 Å². The number of carbonyl (C=O) groups excluding carboxylic acids is 1. The predicted octanol–water partition coefficient (Wildman–Crippen LogP) is 2.62. The van der Waals surface area contributed by atoms with Crippen LogP contribution in [0.2, 0.25) is 0 Å². The fourth-order valence-electron chi connectivity index (χ4n) is 3.01. The number of rotatable bonds is 8. The van der Waals surface area contributed by atoms with Gasteiger partial charge in [0, 0.05) is 27.2 Å². The molecule has 1 saturated heterocycles. The molecular weight excluding hydrogens is 469 g/mol. The first kappa shape index (κ1) is 24.5. The fourth-order valence-corrected chi connectivity index (χ4v) is 3.01. The van der Waals surface area contributed by atoms with Crippen molar-refractivity contribution in [3.05, 3.63) is 36.3 Å². The molecule has 1 aromatic rings. The molecule has 0 aliphatic carbocycles. The molecule has 2 rings (SSSR count). The van der Waals surface area contributed by atoms with Crippen molar-refractivity contribution in [2.75, 3.05) is 46.8 Å². The van der Waals surface area contributed by atoms with Gasteiger partial charge in [0.1, 0.15) is 12.3 Å². The maximum Gasteiger partial charge on any atom is 0.243 e. The number of likely N-dealkylation sites (N-methyl/N-ethyl adjacent to an activating group) is 1. The number of amides is 1. The Hall–Kier alpha value is -1.55. The van der Waals surface area contributed by atoms with Crippen molar-refractivity contribution in [2.24, 2.45) is 4.99 Å². The number of hydrogen-bond acceptors (Lipinski definition) is 4. The molecule has 1 amide bonds. The number of halogens is 1. The summed E-state index contributed by atoms with van der Waals surface area (Å²) < 4.78 is 5.69. The van der Waals surface area contributed by atoms with Gasteiger partial charge in [-0.3, -0.25) is 9.69 Å². The van der Waals surface area contributed by atoms with E-state index in [1.165, 1.54) is 19.3 Å². The first-order chi connectivity index (χ1) is 13.0. The lowest BCUT2D eigenvalue weighted by molar-refractivity contribution is -0.127. The van der Waals surface area contributed by atoms with Crippen molar-refractivity contribution >= 4 is 35.8 Å². The lowest BCUT2D eigenvalue weighted by Crippen LogP contribution is -2.45. The summed E-state index contributed by atoms with van der Waals surface area (Å²) in [5, 5.41) is 6.62. The number of likely N-dealkylation sites (tertiary alicyclic amines) is 1. The van der Waals surface area contributed by atoms with Gasteiger partial charge in [-0.2, -0.15) is 0 Å². The van der Waals surface area contributed by atoms with Crippen LogP contribution >= 0.6 is 24.0 Å². The zero-order valence-corrected chi connectivity index (χ0v) is 19.6. The monoisotopic (exact) mass is 503 g/mol. The Morgan fingerprint density at radius 2 is 2.04 bits per heavy atom. The molecule has 1 aliphatic heterocycles. The Balaban J connectivity index is 0.00000392. The first-order valence-corrected chi connectivity index (χ1v) is 9.61. The van der Waals surface area contributed by atoms with Gasteiger partial charge >= 0.3 is 0 Å². The fraction of sp³-hybridized carbons (Fsp3) is 0.600. The zero-order valence-electron chi connectivity index (χ0n) is 17.2. The van der Waals surface area contributed by atoms with Crippen LogP contribution in [0.5, 0.6) is 0 Å². The quantitative estimate of drug-likeness (QED) is 0.247. The number of nitrogens with one attached hydrogen (secondary N) is 2. The van der Waals surface area contributed by atoms with Crippen molar-refractivity contribution in [1.82, 2.24) is 20.4 Å². The molecule has 1 unspecified atom stereocenters. The highest BCUT2D eigenvalue weighted by atomic mass is 127. The van der Waals surface area contributed by atoms with Crippen LogP contribution in [-0.2, 0) is 4.79 Å². The second-order valence-electron chi connectivity index (χ2n) is 7.27. The topological polar surface area (TPSA) is 73.1 Å². The summed E-state index contributed by atoms with van der Waals surface area (Å²) in [6.07, 6.45) is 5.43. The highest BCUT2D eigenvalue weighted by Gasteiger charge is 2.24. The zero-order chi connectivity index (χ0) is 19.6. The van der Waals surface area contributed by atoms with Crippen LogP contribution in [0, 0.1) is 0 Å². The van der Waals surface area contributed by atoms with Crippen LogP contribution in [0.3, 0.4) is 0 Å². The summed E-state index contributed by atoms with van der Waals surface area (Å²) >= 11 is 0. The molecule has 2 heterocycles. The summed E-state index contributed by atoms with van der Waals surface area (Å²) in [5.74, 6) is 1.53. The number of hydrogen-bond donors (Lipinski definition) is 2. The summed E-state index contributed by atoms with van der Waals surface area (Å²) in [7, 11) is 3.46. The standard InChI is InChI=1S/C20H33N5O2.HI/c1-16(2)13-21-20(23-15-19(26)24(3)4)22-14-17(18-9-8-12-27-18)25-10-6-5-7-11-25;/h8-9,12,17H,1,5-7,10-11,13-15H2,2-4H3,(H2,21,22,23);1H. The molecule has 158 valence electrons. The van der Waals surface area contributed by atoms with Crippen molar-refractivity contribution in [1.29, 1.82) is 0 Å². The third-order valence-corrected chi connectivity index (χ3v) is 4.59. The Labute approximate surface area is 185 Å². The van der Waals surface area contributed by atoms with E-state index in [1.54, 1.807) is 25.3 Å². The van der Waals surface area contributed by atoms with Crippen LogP contribution in [0.25, 0.3) is 0 Å². The van der Waals surface area contributed by atoms with E-state index in [2.05, 4.69) is 27.1 Å². The minimum atomic E-state index is -0.0370. The van der Waals surface area contributed by atoms with E-state index in [1.807, 2.05) is 19.1 Å². The molecule has 0 radical (unpaired) electrons. The minimum Gasteiger partial charge on any atom is -0.468 e. The maximum absolute atomic E-state index is 11.9. The molecule has 0 bridgehead atoms. The smallest absolute Gasteiger partial charge is 0.243 e. The highest BCUT2D eigenvalue weighted by Crippen LogP contribution is 2.24. The van der Waals surface area contributed by atoms with Crippen LogP contribution in [0.4, 0.5) is 0 Å². The Morgan fingerprint density at radius 1 is 1.32 bits per heavy atom. The Morgan fingerprint density at radius 3 is 2.61 bits per heavy atom. The number of piperidine rings is 1. The van der Waals surface area contributed by atoms with Crippen LogP contribution in [-0.4, -0.2) is 68.5 Å². The summed E-state index contributed by atoms with van der Waals surface area (Å²) in [5.41, 5.74) is 1.00. The van der Waals surface area contributed by atoms with E-state index in [4.69, 9.17) is 4.42 Å². The van der Waals surface area contributed by atoms with Gasteiger partial charge in [-0.05, 0) is 45.0 Å². The largest absolute Gasteiger partial charge is 0.468 e. The number of nitrogens with zero attached hydrogens (tertiary/aromatic N) is 3. The molecule has 0 saturated carbocycles. The number of guanidine groups is 1. The van der Waals surface area contributed by atoms with Gasteiger partial charge in [0.25, 0.3) is 0 Å². The number of aliphatic imine (C=N–C) groups is 1. The molecule has 1 atom stereocenters. The van der Waals surface area contributed by atoms with Gasteiger partial charge in [-0.15, -0.1) is 24.0 Å². The van der Waals surface area contributed by atoms with E-state index in [9.17, 15) is 4.79 Å². The summed E-state index contributed by atoms with van der Waals surface area (Å²) in [6.45, 7) is 9.38. The number of carbonyl (C=O) groups is 1. The summed E-state index contributed by atoms with van der Waals surface area (Å²) in [6, 6.07) is 4.09. The lowest BCUT2D eigenvalue weighted by Gasteiger charge is -2.33. The molecule has 2 N–H and O–H groups in total. The van der Waals surface area contributed by atoms with E-state index in [-0.39, 0.29) is 42.5 Å². The van der Waals surface area contributed by atoms with Crippen LogP contribution < -0.4 is 10.6 Å². The van der Waals surface area contributed by atoms with Crippen molar-refractivity contribution in [3.63, 3.8) is 0 Å². The van der Waals surface area contributed by atoms with Crippen LogP contribution in [0.15, 0.2) is 40.0 Å². The van der Waals surface area contributed by atoms with Gasteiger partial charge in [0.15, 0.2) is 5.96 Å². The minimum absolute atomic E-state index is 0. The maximum atomic E-state index is 11.9. The van der Waals surface area contributed by atoms with Crippen molar-refractivity contribution < 1.29 is 9.21 Å². The third-order valence-electron chi connectivity index (χ3n) is 4.59. The van der Waals surface area contributed by atoms with Crippen molar-refractivity contribution in [2.45, 2.75) is 32.2 Å². The van der Waals surface area contributed by atoms with Gasteiger partial charge in [0.05, 0.1) is 12.3 Å². The van der Waals surface area contributed by atoms with E-state index >= 15 is 0 Å². The SMILES string of the molecule is C=C(C)CNC(=NCC(=O)N(C)C)NCC(c1ccco1)N1CCCCC1.I. The van der Waals surface area contributed by atoms with Gasteiger partial charge in [0.2, 0.25) is 5.91 Å². The highest BCUT2D eigenvalue weighted by molar-refractivity contribution is 14.0. The molecular formula is C20H34IN5O2. The first-order valence-electron chi connectivity index (χ1n) is 9.61. The third kappa shape index (κ3) is 8.22. The van der Waals surface area contributed by atoms with E-state index < -0.39 is 0 Å². The van der Waals surface area contributed by atoms with Crippen molar-refractivity contribution in [3.8, 4) is 0 Å².